The third-order valence-electron chi connectivity index (χ3n) is 2.35. The van der Waals surface area contributed by atoms with Gasteiger partial charge in [0.25, 0.3) is 0 Å². The summed E-state index contributed by atoms with van der Waals surface area (Å²) >= 11 is 0. The first-order valence-electron chi connectivity index (χ1n) is 5.91. The van der Waals surface area contributed by atoms with Crippen molar-refractivity contribution in [2.45, 2.75) is 13.3 Å². The van der Waals surface area contributed by atoms with Gasteiger partial charge >= 0.3 is 6.36 Å². The summed E-state index contributed by atoms with van der Waals surface area (Å²) in [6, 6.07) is 7.27. The number of nitrogens with one attached hydrogen (secondary N) is 1. The van der Waals surface area contributed by atoms with Crippen LogP contribution in [0.3, 0.4) is 0 Å². The molecule has 20 heavy (non-hydrogen) atoms. The van der Waals surface area contributed by atoms with Crippen molar-refractivity contribution in [3.63, 3.8) is 0 Å². The molecule has 0 radical (unpaired) electrons. The van der Waals surface area contributed by atoms with Crippen LogP contribution in [0.2, 0.25) is 0 Å². The van der Waals surface area contributed by atoms with Crippen LogP contribution in [0.4, 0.5) is 19.1 Å². The predicted molar refractivity (Wildman–Crippen MR) is 68.3 cm³/mol. The van der Waals surface area contributed by atoms with Crippen molar-refractivity contribution >= 4 is 5.95 Å². The number of nitrogens with zero attached hydrogens (tertiary/aromatic N) is 2. The fourth-order valence-electron chi connectivity index (χ4n) is 1.62. The van der Waals surface area contributed by atoms with Gasteiger partial charge in [0.1, 0.15) is 5.75 Å². The van der Waals surface area contributed by atoms with Gasteiger partial charge in [0.2, 0.25) is 5.95 Å². The molecule has 0 fully saturated rings. The Balaban J connectivity index is 2.28. The maximum atomic E-state index is 12.2. The lowest BCUT2D eigenvalue weighted by Crippen LogP contribution is -2.17. The summed E-state index contributed by atoms with van der Waals surface area (Å²) in [5, 5.41) is 2.94. The van der Waals surface area contributed by atoms with Crippen LogP contribution in [-0.2, 0) is 0 Å². The molecule has 2 aromatic rings. The van der Waals surface area contributed by atoms with E-state index in [1.165, 1.54) is 24.4 Å². The third kappa shape index (κ3) is 3.84. The fraction of sp³-hybridized carbons (Fsp3) is 0.231. The monoisotopic (exact) mass is 283 g/mol. The summed E-state index contributed by atoms with van der Waals surface area (Å²) in [4.78, 5) is 8.21. The van der Waals surface area contributed by atoms with Gasteiger partial charge in [0.05, 0.1) is 5.69 Å². The van der Waals surface area contributed by atoms with Gasteiger partial charge in [0, 0.05) is 18.3 Å². The van der Waals surface area contributed by atoms with E-state index in [1.807, 2.05) is 6.92 Å². The smallest absolute Gasteiger partial charge is 0.406 e. The van der Waals surface area contributed by atoms with E-state index in [1.54, 1.807) is 12.1 Å². The molecule has 0 spiro atoms. The zero-order valence-corrected chi connectivity index (χ0v) is 10.6. The second kappa shape index (κ2) is 5.77. The van der Waals surface area contributed by atoms with Crippen molar-refractivity contribution in [2.24, 2.45) is 0 Å². The van der Waals surface area contributed by atoms with Crippen molar-refractivity contribution in [2.75, 3.05) is 11.9 Å². The molecule has 0 bridgehead atoms. The molecule has 7 heteroatoms. The highest BCUT2D eigenvalue weighted by atomic mass is 19.4. The second-order valence-electron chi connectivity index (χ2n) is 3.87. The number of aromatic nitrogens is 2. The average Bonchev–Trinajstić information content (AvgIpc) is 2.38. The third-order valence-corrected chi connectivity index (χ3v) is 2.35. The van der Waals surface area contributed by atoms with Crippen LogP contribution in [0.25, 0.3) is 11.3 Å². The Kier molecular flexibility index (Phi) is 4.07. The van der Waals surface area contributed by atoms with Gasteiger partial charge in [-0.1, -0.05) is 12.1 Å². The molecule has 4 nitrogen and oxygen atoms in total. The van der Waals surface area contributed by atoms with Gasteiger partial charge in [-0.3, -0.25) is 0 Å². The number of ether oxygens (including phenoxy) is 1. The molecule has 1 heterocycles. The minimum absolute atomic E-state index is 0.279. The molecule has 2 rings (SSSR count). The van der Waals surface area contributed by atoms with E-state index in [4.69, 9.17) is 0 Å². The number of alkyl halides is 3. The molecule has 0 aliphatic rings. The number of halogens is 3. The molecule has 1 aromatic heterocycles. The lowest BCUT2D eigenvalue weighted by atomic mass is 10.1. The van der Waals surface area contributed by atoms with E-state index in [2.05, 4.69) is 20.0 Å². The van der Waals surface area contributed by atoms with Gasteiger partial charge in [0.15, 0.2) is 0 Å². The first kappa shape index (κ1) is 14.1. The number of benzene rings is 1. The highest BCUT2D eigenvalue weighted by Crippen LogP contribution is 2.27. The summed E-state index contributed by atoms with van der Waals surface area (Å²) < 4.78 is 40.4. The number of hydrogen-bond acceptors (Lipinski definition) is 4. The van der Waals surface area contributed by atoms with E-state index in [0.29, 0.717) is 23.8 Å². The molecule has 0 atom stereocenters. The van der Waals surface area contributed by atoms with Crippen LogP contribution in [0, 0.1) is 0 Å². The fourth-order valence-corrected chi connectivity index (χ4v) is 1.62. The largest absolute Gasteiger partial charge is 0.573 e. The van der Waals surface area contributed by atoms with Crippen LogP contribution < -0.4 is 10.1 Å². The molecule has 0 aliphatic heterocycles. The summed E-state index contributed by atoms with van der Waals surface area (Å²) in [6.45, 7) is 2.55. The second-order valence-corrected chi connectivity index (χ2v) is 3.87. The van der Waals surface area contributed by atoms with E-state index >= 15 is 0 Å². The maximum Gasteiger partial charge on any atom is 0.573 e. The Morgan fingerprint density at radius 3 is 2.75 bits per heavy atom. The molecule has 1 N–H and O–H groups in total. The van der Waals surface area contributed by atoms with Crippen LogP contribution in [0.15, 0.2) is 36.5 Å². The molecule has 0 saturated heterocycles. The normalized spacial score (nSPS) is 11.2. The Hall–Kier alpha value is -2.31. The summed E-state index contributed by atoms with van der Waals surface area (Å²) in [6.07, 6.45) is -3.17. The Bertz CT molecular complexity index is 587. The first-order valence-corrected chi connectivity index (χ1v) is 5.91. The van der Waals surface area contributed by atoms with Crippen molar-refractivity contribution in [3.05, 3.63) is 36.5 Å². The molecule has 0 unspecified atom stereocenters. The minimum Gasteiger partial charge on any atom is -0.406 e. The Labute approximate surface area is 113 Å². The molecule has 0 aliphatic carbocycles. The quantitative estimate of drug-likeness (QED) is 0.933. The number of hydrogen-bond donors (Lipinski definition) is 1. The molecular formula is C13H12F3N3O. The van der Waals surface area contributed by atoms with Crippen molar-refractivity contribution in [1.82, 2.24) is 9.97 Å². The van der Waals surface area contributed by atoms with E-state index < -0.39 is 6.36 Å². The van der Waals surface area contributed by atoms with Gasteiger partial charge < -0.3 is 10.1 Å². The zero-order chi connectivity index (χ0) is 14.6. The molecule has 106 valence electrons. The van der Waals surface area contributed by atoms with Crippen molar-refractivity contribution in [1.29, 1.82) is 0 Å². The molecule has 0 saturated carbocycles. The topological polar surface area (TPSA) is 47.0 Å². The van der Waals surface area contributed by atoms with Gasteiger partial charge in [-0.05, 0) is 25.1 Å². The lowest BCUT2D eigenvalue weighted by molar-refractivity contribution is -0.274. The van der Waals surface area contributed by atoms with E-state index in [-0.39, 0.29) is 5.75 Å². The summed E-state index contributed by atoms with van der Waals surface area (Å²) in [7, 11) is 0. The van der Waals surface area contributed by atoms with Crippen LogP contribution in [-0.4, -0.2) is 22.9 Å². The molecule has 1 aromatic carbocycles. The average molecular weight is 283 g/mol. The van der Waals surface area contributed by atoms with Crippen LogP contribution in [0.5, 0.6) is 5.75 Å². The first-order chi connectivity index (χ1) is 9.48. The highest BCUT2D eigenvalue weighted by Gasteiger charge is 2.31. The van der Waals surface area contributed by atoms with Gasteiger partial charge in [-0.2, -0.15) is 0 Å². The Morgan fingerprint density at radius 2 is 2.05 bits per heavy atom. The summed E-state index contributed by atoms with van der Waals surface area (Å²) in [5.41, 5.74) is 1.04. The van der Waals surface area contributed by atoms with Crippen LogP contribution in [0.1, 0.15) is 6.92 Å². The standard InChI is InChI=1S/C13H12F3N3O/c1-2-17-12-18-7-6-11(19-12)9-4-3-5-10(8-9)20-13(14,15)16/h3-8H,2H2,1H3,(H,17,18,19). The zero-order valence-electron chi connectivity index (χ0n) is 10.6. The number of rotatable bonds is 4. The maximum absolute atomic E-state index is 12.2. The van der Waals surface area contributed by atoms with E-state index in [9.17, 15) is 13.2 Å². The van der Waals surface area contributed by atoms with E-state index in [0.717, 1.165) is 0 Å². The van der Waals surface area contributed by atoms with Gasteiger partial charge in [-0.15, -0.1) is 13.2 Å². The summed E-state index contributed by atoms with van der Waals surface area (Å²) in [5.74, 6) is 0.144. The highest BCUT2D eigenvalue weighted by molar-refractivity contribution is 5.61. The number of anilines is 1. The van der Waals surface area contributed by atoms with Gasteiger partial charge in [-0.25, -0.2) is 9.97 Å². The SMILES string of the molecule is CCNc1nccc(-c2cccc(OC(F)(F)F)c2)n1. The van der Waals surface area contributed by atoms with Crippen LogP contribution >= 0.6 is 0 Å². The molecular weight excluding hydrogens is 271 g/mol. The van der Waals surface area contributed by atoms with Crippen molar-refractivity contribution in [3.8, 4) is 17.0 Å². The minimum atomic E-state index is -4.71. The predicted octanol–water partition coefficient (Wildman–Crippen LogP) is 3.47. The Morgan fingerprint density at radius 1 is 1.25 bits per heavy atom. The lowest BCUT2D eigenvalue weighted by Gasteiger charge is -2.10. The molecule has 0 amide bonds. The van der Waals surface area contributed by atoms with Crippen molar-refractivity contribution < 1.29 is 17.9 Å².